The Morgan fingerprint density at radius 1 is 0.542 bits per heavy atom. The van der Waals surface area contributed by atoms with Gasteiger partial charge in [0.1, 0.15) is 0 Å². The number of nitrogens with two attached hydrogens (primary N) is 1. The number of aryl methyl sites for hydroxylation is 1. The van der Waals surface area contributed by atoms with E-state index in [0.717, 1.165) is 17.6 Å². The fourth-order valence-electron chi connectivity index (χ4n) is 7.45. The molecule has 0 amide bonds. The summed E-state index contributed by atoms with van der Waals surface area (Å²) >= 11 is 0. The molecule has 0 unspecified atom stereocenters. The third-order valence-electron chi connectivity index (χ3n) is 9.74. The highest BCUT2D eigenvalue weighted by Crippen LogP contribution is 2.47. The molecule has 1 nitrogen and oxygen atoms in total. The quantitative estimate of drug-likeness (QED) is 0.140. The van der Waals surface area contributed by atoms with E-state index in [-0.39, 0.29) is 0 Å². The van der Waals surface area contributed by atoms with Crippen molar-refractivity contribution in [3.8, 4) is 33.4 Å². The highest BCUT2D eigenvalue weighted by atomic mass is 14.5. The topological polar surface area (TPSA) is 26.0 Å². The van der Waals surface area contributed by atoms with Gasteiger partial charge < -0.3 is 5.73 Å². The molecule has 0 spiro atoms. The van der Waals surface area contributed by atoms with Crippen LogP contribution in [0.2, 0.25) is 0 Å². The second kappa shape index (κ2) is 12.4. The molecule has 0 fully saturated rings. The molecule has 8 aromatic carbocycles. The van der Waals surface area contributed by atoms with Crippen LogP contribution in [0.5, 0.6) is 0 Å². The smallest absolute Gasteiger partial charge is 0.0110 e. The summed E-state index contributed by atoms with van der Waals surface area (Å²) in [5.74, 6) is 0. The summed E-state index contributed by atoms with van der Waals surface area (Å²) in [6, 6.07) is 53.6. The summed E-state index contributed by atoms with van der Waals surface area (Å²) in [5, 5.41) is 10.0. The van der Waals surface area contributed by atoms with Gasteiger partial charge >= 0.3 is 0 Å². The summed E-state index contributed by atoms with van der Waals surface area (Å²) in [6.45, 7) is 7.08. The van der Waals surface area contributed by atoms with E-state index in [0.29, 0.717) is 6.54 Å². The van der Waals surface area contributed by atoms with E-state index in [2.05, 4.69) is 159 Å². The molecule has 1 heteroatoms. The Labute approximate surface area is 282 Å². The van der Waals surface area contributed by atoms with Crippen LogP contribution in [-0.4, -0.2) is 6.54 Å². The van der Waals surface area contributed by atoms with Crippen LogP contribution in [0.25, 0.3) is 82.0 Å². The predicted octanol–water partition coefficient (Wildman–Crippen LogP) is 12.4. The molecule has 48 heavy (non-hydrogen) atoms. The number of rotatable bonds is 7. The SMILES string of the molecule is C=C(/C=C\CN)c1ccccc1-c1ccc(-c2c3ccccc3c(-c3ccc4cc(CC)ccc4c3)c3ccccc23)c2ccccc12. The largest absolute Gasteiger partial charge is 0.327 e. The van der Waals surface area contributed by atoms with Crippen LogP contribution in [0.3, 0.4) is 0 Å². The normalized spacial score (nSPS) is 11.7. The number of fused-ring (bicyclic) bond motifs is 4. The van der Waals surface area contributed by atoms with E-state index >= 15 is 0 Å². The molecule has 2 N–H and O–H groups in total. The van der Waals surface area contributed by atoms with Crippen LogP contribution < -0.4 is 5.73 Å². The van der Waals surface area contributed by atoms with E-state index in [1.165, 1.54) is 82.0 Å². The minimum Gasteiger partial charge on any atom is -0.327 e. The van der Waals surface area contributed by atoms with Crippen molar-refractivity contribution >= 4 is 48.7 Å². The third kappa shape index (κ3) is 5.01. The van der Waals surface area contributed by atoms with Crippen molar-refractivity contribution < 1.29 is 0 Å². The number of hydrogen-bond acceptors (Lipinski definition) is 1. The van der Waals surface area contributed by atoms with Gasteiger partial charge in [0.25, 0.3) is 0 Å². The van der Waals surface area contributed by atoms with Gasteiger partial charge in [0.15, 0.2) is 0 Å². The summed E-state index contributed by atoms with van der Waals surface area (Å²) in [7, 11) is 0. The van der Waals surface area contributed by atoms with Crippen molar-refractivity contribution in [3.05, 3.63) is 175 Å². The molecule has 0 atom stereocenters. The minimum absolute atomic E-state index is 0.486. The van der Waals surface area contributed by atoms with E-state index in [1.54, 1.807) is 0 Å². The molecule has 0 aliphatic rings. The zero-order valence-corrected chi connectivity index (χ0v) is 27.2. The lowest BCUT2D eigenvalue weighted by Gasteiger charge is -2.20. The van der Waals surface area contributed by atoms with Gasteiger partial charge in [0.2, 0.25) is 0 Å². The van der Waals surface area contributed by atoms with E-state index in [9.17, 15) is 0 Å². The first-order valence-electron chi connectivity index (χ1n) is 16.8. The van der Waals surface area contributed by atoms with Crippen molar-refractivity contribution in [2.75, 3.05) is 6.54 Å². The lowest BCUT2D eigenvalue weighted by Crippen LogP contribution is -1.94. The highest BCUT2D eigenvalue weighted by molar-refractivity contribution is 6.24. The Balaban J connectivity index is 1.39. The Kier molecular flexibility index (Phi) is 7.68. The van der Waals surface area contributed by atoms with Crippen molar-refractivity contribution in [2.24, 2.45) is 5.73 Å². The van der Waals surface area contributed by atoms with Gasteiger partial charge in [-0.3, -0.25) is 0 Å². The summed E-state index contributed by atoms with van der Waals surface area (Å²) in [4.78, 5) is 0. The fourth-order valence-corrected chi connectivity index (χ4v) is 7.45. The van der Waals surface area contributed by atoms with Crippen LogP contribution >= 0.6 is 0 Å². The van der Waals surface area contributed by atoms with Crippen molar-refractivity contribution in [3.63, 3.8) is 0 Å². The Morgan fingerprint density at radius 2 is 1.08 bits per heavy atom. The molecule has 0 aliphatic heterocycles. The van der Waals surface area contributed by atoms with Gasteiger partial charge in [-0.1, -0.05) is 165 Å². The van der Waals surface area contributed by atoms with Crippen LogP contribution in [0, 0.1) is 0 Å². The Morgan fingerprint density at radius 3 is 1.75 bits per heavy atom. The number of allylic oxidation sites excluding steroid dienone is 2. The monoisotopic (exact) mass is 615 g/mol. The van der Waals surface area contributed by atoms with Crippen LogP contribution in [0.1, 0.15) is 18.1 Å². The van der Waals surface area contributed by atoms with Gasteiger partial charge in [-0.2, -0.15) is 0 Å². The van der Waals surface area contributed by atoms with Gasteiger partial charge in [-0.05, 0) is 106 Å². The maximum absolute atomic E-state index is 5.78. The molecular weight excluding hydrogens is 579 g/mol. The van der Waals surface area contributed by atoms with Gasteiger partial charge in [-0.15, -0.1) is 0 Å². The van der Waals surface area contributed by atoms with Crippen molar-refractivity contribution in [2.45, 2.75) is 13.3 Å². The molecule has 0 saturated carbocycles. The van der Waals surface area contributed by atoms with Crippen molar-refractivity contribution in [1.82, 2.24) is 0 Å². The van der Waals surface area contributed by atoms with Crippen molar-refractivity contribution in [1.29, 1.82) is 0 Å². The summed E-state index contributed by atoms with van der Waals surface area (Å²) < 4.78 is 0. The molecule has 0 aliphatic carbocycles. The predicted molar refractivity (Wildman–Crippen MR) is 209 cm³/mol. The van der Waals surface area contributed by atoms with Gasteiger partial charge in [0.05, 0.1) is 0 Å². The minimum atomic E-state index is 0.486. The highest BCUT2D eigenvalue weighted by Gasteiger charge is 2.19. The molecule has 0 bridgehead atoms. The summed E-state index contributed by atoms with van der Waals surface area (Å²) in [6.07, 6.45) is 5.02. The first kappa shape index (κ1) is 29.6. The maximum Gasteiger partial charge on any atom is 0.0110 e. The molecule has 230 valence electrons. The van der Waals surface area contributed by atoms with Crippen LogP contribution in [0.15, 0.2) is 164 Å². The maximum atomic E-state index is 5.78. The Bertz CT molecular complexity index is 2490. The zero-order valence-electron chi connectivity index (χ0n) is 27.2. The molecule has 0 heterocycles. The first-order chi connectivity index (χ1) is 23.7. The zero-order chi connectivity index (χ0) is 32.6. The standard InChI is InChI=1S/C47H37N/c1-3-32-22-23-34-30-35(25-24-33(34)29-32)46-41-18-8-10-20-43(41)47(44-21-11-9-19-42(44)46)45-27-26-40(38-16-6-7-17-39(38)45)37-15-5-4-14-36(37)31(2)13-12-28-48/h4-27,29-30H,2-3,28,48H2,1H3/b13-12-. The first-order valence-corrected chi connectivity index (χ1v) is 16.8. The molecular formula is C47H37N. The second-order valence-corrected chi connectivity index (χ2v) is 12.5. The van der Waals surface area contributed by atoms with Gasteiger partial charge in [-0.25, -0.2) is 0 Å². The molecule has 8 aromatic rings. The molecule has 8 rings (SSSR count). The number of benzene rings is 8. The Hall–Kier alpha value is -5.76. The fraction of sp³-hybridized carbons (Fsp3) is 0.0638. The van der Waals surface area contributed by atoms with Crippen LogP contribution in [-0.2, 0) is 6.42 Å². The summed E-state index contributed by atoms with van der Waals surface area (Å²) in [5.41, 5.74) is 16.6. The average molecular weight is 616 g/mol. The van der Waals surface area contributed by atoms with Crippen LogP contribution in [0.4, 0.5) is 0 Å². The van der Waals surface area contributed by atoms with E-state index in [1.807, 2.05) is 12.2 Å². The molecule has 0 aromatic heterocycles. The lowest BCUT2D eigenvalue weighted by atomic mass is 9.83. The number of hydrogen-bond donors (Lipinski definition) is 1. The lowest BCUT2D eigenvalue weighted by molar-refractivity contribution is 1.15. The average Bonchev–Trinajstić information content (AvgIpc) is 3.15. The van der Waals surface area contributed by atoms with Gasteiger partial charge in [0, 0.05) is 6.54 Å². The third-order valence-corrected chi connectivity index (χ3v) is 9.74. The second-order valence-electron chi connectivity index (χ2n) is 12.5. The van der Waals surface area contributed by atoms with E-state index < -0.39 is 0 Å². The molecule has 0 radical (unpaired) electrons. The van der Waals surface area contributed by atoms with E-state index in [4.69, 9.17) is 5.73 Å². The molecule has 0 saturated heterocycles.